The molecule has 0 bridgehead atoms. The lowest BCUT2D eigenvalue weighted by molar-refractivity contribution is 0.132. The molecule has 5 nitrogen and oxygen atoms in total. The van der Waals surface area contributed by atoms with Crippen molar-refractivity contribution in [2.45, 2.75) is 25.2 Å². The molecule has 1 heterocycles. The predicted octanol–water partition coefficient (Wildman–Crippen LogP) is -2.06. The summed E-state index contributed by atoms with van der Waals surface area (Å²) in [7, 11) is 0. The van der Waals surface area contributed by atoms with Gasteiger partial charge >= 0.3 is 0 Å². The van der Waals surface area contributed by atoms with Gasteiger partial charge in [-0.15, -0.1) is 0 Å². The van der Waals surface area contributed by atoms with Gasteiger partial charge in [0.15, 0.2) is 12.2 Å². The largest absolute Gasteiger partial charge is 0.370 e. The summed E-state index contributed by atoms with van der Waals surface area (Å²) in [6.45, 7) is 1.84. The van der Waals surface area contributed by atoms with Gasteiger partial charge in [0, 0.05) is 6.04 Å². The van der Waals surface area contributed by atoms with Crippen molar-refractivity contribution in [3.63, 3.8) is 0 Å². The minimum atomic E-state index is -0.865. The van der Waals surface area contributed by atoms with Gasteiger partial charge in [-0.3, -0.25) is 0 Å². The molecule has 0 spiro atoms. The number of guanidine groups is 1. The fraction of sp³-hybridized carbons (Fsp3) is 0.800. The highest BCUT2D eigenvalue weighted by Crippen LogP contribution is 2.02. The zero-order valence-electron chi connectivity index (χ0n) is 5.78. The maximum atomic E-state index is 9.09. The molecule has 1 aliphatic heterocycles. The topological polar surface area (TPSA) is 96.7 Å². The van der Waals surface area contributed by atoms with Crippen LogP contribution in [0.2, 0.25) is 0 Å². The first-order valence-electron chi connectivity index (χ1n) is 3.14. The van der Waals surface area contributed by atoms with Crippen LogP contribution in [0.5, 0.6) is 0 Å². The van der Waals surface area contributed by atoms with E-state index >= 15 is 0 Å². The summed E-state index contributed by atoms with van der Waals surface area (Å²) in [6.07, 6.45) is -0.865. The monoisotopic (exact) mass is 144 g/mol. The van der Waals surface area contributed by atoms with Crippen LogP contribution in [-0.2, 0) is 0 Å². The van der Waals surface area contributed by atoms with Crippen LogP contribution in [0.15, 0.2) is 4.99 Å². The molecule has 0 fully saturated rings. The lowest BCUT2D eigenvalue weighted by Gasteiger charge is -2.28. The van der Waals surface area contributed by atoms with Gasteiger partial charge in [-0.2, -0.15) is 0 Å². The van der Waals surface area contributed by atoms with Crippen LogP contribution in [0.3, 0.4) is 0 Å². The lowest BCUT2D eigenvalue weighted by Crippen LogP contribution is -2.57. The molecule has 0 aromatic rings. The molecular formula is C5H12N4O. The Labute approximate surface area is 59.1 Å². The van der Waals surface area contributed by atoms with E-state index in [1.807, 2.05) is 6.92 Å². The molecule has 0 amide bonds. The van der Waals surface area contributed by atoms with Crippen molar-refractivity contribution in [1.82, 2.24) is 5.32 Å². The number of aliphatic imine (C=N–C) groups is 1. The molecule has 3 unspecified atom stereocenters. The normalized spacial score (nSPS) is 40.3. The summed E-state index contributed by atoms with van der Waals surface area (Å²) in [5.74, 6) is 0.252. The minimum Gasteiger partial charge on any atom is -0.370 e. The van der Waals surface area contributed by atoms with Crippen molar-refractivity contribution in [2.75, 3.05) is 0 Å². The van der Waals surface area contributed by atoms with Crippen LogP contribution in [0.25, 0.3) is 0 Å². The number of rotatable bonds is 0. The molecule has 58 valence electrons. The number of aliphatic hydroxyl groups is 1. The average Bonchev–Trinajstić information content (AvgIpc) is 1.82. The van der Waals surface area contributed by atoms with Gasteiger partial charge in [0.2, 0.25) is 0 Å². The number of nitrogens with two attached hydrogens (primary N) is 2. The minimum absolute atomic E-state index is 0.0208. The maximum absolute atomic E-state index is 9.09. The molecule has 0 saturated heterocycles. The van der Waals surface area contributed by atoms with Gasteiger partial charge in [0.1, 0.15) is 0 Å². The molecule has 0 aromatic carbocycles. The van der Waals surface area contributed by atoms with E-state index in [2.05, 4.69) is 10.3 Å². The van der Waals surface area contributed by atoms with Gasteiger partial charge in [-0.25, -0.2) is 4.99 Å². The van der Waals surface area contributed by atoms with E-state index in [0.717, 1.165) is 0 Å². The Morgan fingerprint density at radius 2 is 2.30 bits per heavy atom. The van der Waals surface area contributed by atoms with Gasteiger partial charge < -0.3 is 21.9 Å². The van der Waals surface area contributed by atoms with Crippen LogP contribution in [0, 0.1) is 0 Å². The SMILES string of the molecule is CC1NC(N)=NC(O)C1N. The summed E-state index contributed by atoms with van der Waals surface area (Å²) in [5, 5.41) is 11.9. The fourth-order valence-corrected chi connectivity index (χ4v) is 0.854. The van der Waals surface area contributed by atoms with E-state index in [1.165, 1.54) is 0 Å². The third-order valence-corrected chi connectivity index (χ3v) is 1.57. The van der Waals surface area contributed by atoms with E-state index in [1.54, 1.807) is 0 Å². The van der Waals surface area contributed by atoms with Crippen LogP contribution < -0.4 is 16.8 Å². The molecule has 0 aromatic heterocycles. The zero-order chi connectivity index (χ0) is 7.72. The second-order valence-corrected chi connectivity index (χ2v) is 2.44. The number of hydrogen-bond acceptors (Lipinski definition) is 5. The van der Waals surface area contributed by atoms with Crippen molar-refractivity contribution in [1.29, 1.82) is 0 Å². The Bertz CT molecular complexity index is 158. The van der Waals surface area contributed by atoms with Crippen molar-refractivity contribution in [3.8, 4) is 0 Å². The third-order valence-electron chi connectivity index (χ3n) is 1.57. The quantitative estimate of drug-likeness (QED) is 0.314. The van der Waals surface area contributed by atoms with E-state index in [9.17, 15) is 0 Å². The molecule has 3 atom stereocenters. The molecule has 0 aliphatic carbocycles. The number of aliphatic hydroxyl groups excluding tert-OH is 1. The summed E-state index contributed by atoms with van der Waals surface area (Å²) < 4.78 is 0. The highest BCUT2D eigenvalue weighted by molar-refractivity contribution is 5.79. The van der Waals surface area contributed by atoms with E-state index in [4.69, 9.17) is 16.6 Å². The summed E-state index contributed by atoms with van der Waals surface area (Å²) in [6, 6.07) is -0.389. The first-order valence-corrected chi connectivity index (χ1v) is 3.14. The second-order valence-electron chi connectivity index (χ2n) is 2.44. The zero-order valence-corrected chi connectivity index (χ0v) is 5.78. The maximum Gasteiger partial charge on any atom is 0.191 e. The number of nitrogens with one attached hydrogen (secondary N) is 1. The predicted molar refractivity (Wildman–Crippen MR) is 38.2 cm³/mol. The molecule has 10 heavy (non-hydrogen) atoms. The van der Waals surface area contributed by atoms with Crippen LogP contribution in [-0.4, -0.2) is 29.4 Å². The van der Waals surface area contributed by atoms with Crippen molar-refractivity contribution >= 4 is 5.96 Å². The Morgan fingerprint density at radius 1 is 1.70 bits per heavy atom. The van der Waals surface area contributed by atoms with E-state index in [-0.39, 0.29) is 18.0 Å². The van der Waals surface area contributed by atoms with Crippen LogP contribution in [0.4, 0.5) is 0 Å². The molecule has 5 heteroatoms. The molecular weight excluding hydrogens is 132 g/mol. The van der Waals surface area contributed by atoms with Crippen molar-refractivity contribution in [3.05, 3.63) is 0 Å². The molecule has 1 rings (SSSR count). The van der Waals surface area contributed by atoms with Gasteiger partial charge in [0.25, 0.3) is 0 Å². The summed E-state index contributed by atoms with van der Waals surface area (Å²) >= 11 is 0. The van der Waals surface area contributed by atoms with Gasteiger partial charge in [0.05, 0.1) is 6.04 Å². The first kappa shape index (κ1) is 7.30. The molecule has 0 saturated carbocycles. The first-order chi connectivity index (χ1) is 4.61. The third kappa shape index (κ3) is 1.19. The highest BCUT2D eigenvalue weighted by atomic mass is 16.3. The molecule has 6 N–H and O–H groups in total. The Morgan fingerprint density at radius 3 is 2.80 bits per heavy atom. The van der Waals surface area contributed by atoms with Crippen LogP contribution in [0.1, 0.15) is 6.92 Å². The fourth-order valence-electron chi connectivity index (χ4n) is 0.854. The number of hydrogen-bond donors (Lipinski definition) is 4. The molecule has 0 radical (unpaired) electrons. The Kier molecular flexibility index (Phi) is 1.78. The summed E-state index contributed by atoms with van der Waals surface area (Å²) in [4.78, 5) is 3.63. The van der Waals surface area contributed by atoms with Crippen LogP contribution >= 0.6 is 0 Å². The van der Waals surface area contributed by atoms with Crippen molar-refractivity contribution < 1.29 is 5.11 Å². The standard InChI is InChI=1S/C5H12N4O/c1-2-3(6)4(10)9-5(7)8-2/h2-4,10H,6H2,1H3,(H3,7,8,9). The number of nitrogens with zero attached hydrogens (tertiary/aromatic N) is 1. The highest BCUT2D eigenvalue weighted by Gasteiger charge is 2.25. The smallest absolute Gasteiger partial charge is 0.191 e. The van der Waals surface area contributed by atoms with E-state index in [0.29, 0.717) is 0 Å². The van der Waals surface area contributed by atoms with Crippen molar-refractivity contribution in [2.24, 2.45) is 16.5 Å². The average molecular weight is 144 g/mol. The second kappa shape index (κ2) is 2.43. The van der Waals surface area contributed by atoms with E-state index < -0.39 is 6.23 Å². The lowest BCUT2D eigenvalue weighted by atomic mass is 10.1. The van der Waals surface area contributed by atoms with Gasteiger partial charge in [-0.05, 0) is 6.92 Å². The summed E-state index contributed by atoms with van der Waals surface area (Å²) in [5.41, 5.74) is 10.8. The van der Waals surface area contributed by atoms with Gasteiger partial charge in [-0.1, -0.05) is 0 Å². The Hall–Kier alpha value is -0.810. The molecule has 1 aliphatic rings. The Balaban J connectivity index is 2.69.